The van der Waals surface area contributed by atoms with E-state index in [0.29, 0.717) is 16.2 Å². The van der Waals surface area contributed by atoms with Gasteiger partial charge < -0.3 is 0 Å². The topological polar surface area (TPSA) is 0 Å². The Labute approximate surface area is 206 Å². The van der Waals surface area contributed by atoms with Crippen LogP contribution in [-0.2, 0) is 0 Å². The number of rotatable bonds is 19. The molecule has 0 amide bonds. The van der Waals surface area contributed by atoms with E-state index >= 15 is 0 Å². The van der Waals surface area contributed by atoms with Crippen LogP contribution >= 0.6 is 0 Å². The minimum atomic E-state index is 0.347. The molecule has 0 aliphatic carbocycles. The molecule has 0 N–H and O–H groups in total. The maximum Gasteiger partial charge on any atom is -0.0221 e. The molecule has 0 rings (SSSR count). The van der Waals surface area contributed by atoms with Crippen LogP contribution in [0, 0.1) is 39.9 Å². The summed E-state index contributed by atoms with van der Waals surface area (Å²) in [6, 6.07) is 0. The van der Waals surface area contributed by atoms with Gasteiger partial charge >= 0.3 is 0 Å². The Morgan fingerprint density at radius 2 is 1.12 bits per heavy atom. The van der Waals surface area contributed by atoms with Crippen molar-refractivity contribution in [2.75, 3.05) is 0 Å². The first-order valence-electron chi connectivity index (χ1n) is 14.9. The fraction of sp³-hybridized carbons (Fsp3) is 1.00. The van der Waals surface area contributed by atoms with Gasteiger partial charge in [0.05, 0.1) is 0 Å². The summed E-state index contributed by atoms with van der Waals surface area (Å²) in [6.07, 6.45) is 17.8. The van der Waals surface area contributed by atoms with E-state index in [1.54, 1.807) is 0 Å². The smallest absolute Gasteiger partial charge is 0.0221 e. The molecule has 4 atom stereocenters. The molecule has 0 heteroatoms. The fourth-order valence-electron chi connectivity index (χ4n) is 7.26. The van der Waals surface area contributed by atoms with Crippen LogP contribution in [0.4, 0.5) is 0 Å². The molecule has 0 fully saturated rings. The zero-order valence-corrected chi connectivity index (χ0v) is 25.0. The summed E-state index contributed by atoms with van der Waals surface area (Å²) in [4.78, 5) is 0. The van der Waals surface area contributed by atoms with Gasteiger partial charge in [0.1, 0.15) is 0 Å². The molecular weight excluding hydrogens is 384 g/mol. The molecule has 0 aliphatic rings. The second kappa shape index (κ2) is 15.1. The van der Waals surface area contributed by atoms with Gasteiger partial charge in [-0.05, 0) is 59.2 Å². The lowest BCUT2D eigenvalue weighted by atomic mass is 9.45. The summed E-state index contributed by atoms with van der Waals surface area (Å²) in [5, 5.41) is 0. The highest BCUT2D eigenvalue weighted by Crippen LogP contribution is 2.62. The van der Waals surface area contributed by atoms with Crippen LogP contribution in [0.1, 0.15) is 167 Å². The summed E-state index contributed by atoms with van der Waals surface area (Å²) < 4.78 is 0. The van der Waals surface area contributed by atoms with Gasteiger partial charge in [-0.1, -0.05) is 147 Å². The second-order valence-corrected chi connectivity index (χ2v) is 13.1. The highest BCUT2D eigenvalue weighted by atomic mass is 14.6. The van der Waals surface area contributed by atoms with Crippen LogP contribution in [0.25, 0.3) is 0 Å². The van der Waals surface area contributed by atoms with Crippen LogP contribution in [0.15, 0.2) is 0 Å². The van der Waals surface area contributed by atoms with Crippen LogP contribution in [0.3, 0.4) is 0 Å². The maximum atomic E-state index is 2.71. The van der Waals surface area contributed by atoms with Crippen LogP contribution in [-0.4, -0.2) is 0 Å². The molecule has 0 saturated carbocycles. The molecule has 0 aliphatic heterocycles. The molecule has 0 bridgehead atoms. The van der Waals surface area contributed by atoms with Crippen LogP contribution in [0.5, 0.6) is 0 Å². The standard InChI is InChI=1S/C32H66/c1-13-18-24-32(12,30(8,9)23-19-22-26(6)20-14-2)31(10,11)29(28(16-4)17-5)25-27(7)21-15-3/h26-29H,13-25H2,1-12H3. The van der Waals surface area contributed by atoms with E-state index < -0.39 is 0 Å². The molecule has 0 saturated heterocycles. The van der Waals surface area contributed by atoms with Gasteiger partial charge in [-0.3, -0.25) is 0 Å². The number of unbranched alkanes of at least 4 members (excludes halogenated alkanes) is 1. The van der Waals surface area contributed by atoms with Gasteiger partial charge in [-0.2, -0.15) is 0 Å². The average molecular weight is 451 g/mol. The van der Waals surface area contributed by atoms with Crippen molar-refractivity contribution in [3.05, 3.63) is 0 Å². The average Bonchev–Trinajstić information content (AvgIpc) is 2.72. The zero-order valence-electron chi connectivity index (χ0n) is 25.0. The highest BCUT2D eigenvalue weighted by molar-refractivity contribution is 5.03. The summed E-state index contributed by atoms with van der Waals surface area (Å²) in [6.45, 7) is 30.3. The first kappa shape index (κ1) is 32.0. The largest absolute Gasteiger partial charge is 0.0654 e. The van der Waals surface area contributed by atoms with Gasteiger partial charge in [0, 0.05) is 0 Å². The molecule has 0 nitrogen and oxygen atoms in total. The Bertz CT molecular complexity index is 455. The van der Waals surface area contributed by atoms with Crippen molar-refractivity contribution in [2.45, 2.75) is 167 Å². The minimum absolute atomic E-state index is 0.347. The van der Waals surface area contributed by atoms with Gasteiger partial charge in [-0.25, -0.2) is 0 Å². The molecule has 0 aromatic rings. The normalized spacial score (nSPS) is 17.9. The highest BCUT2D eigenvalue weighted by Gasteiger charge is 2.54. The van der Waals surface area contributed by atoms with E-state index in [2.05, 4.69) is 83.1 Å². The van der Waals surface area contributed by atoms with E-state index in [0.717, 1.165) is 23.7 Å². The lowest BCUT2D eigenvalue weighted by Crippen LogP contribution is -2.52. The van der Waals surface area contributed by atoms with Gasteiger partial charge in [-0.15, -0.1) is 0 Å². The van der Waals surface area contributed by atoms with E-state index in [4.69, 9.17) is 0 Å². The summed E-state index contributed by atoms with van der Waals surface area (Å²) >= 11 is 0. The van der Waals surface area contributed by atoms with Crippen molar-refractivity contribution >= 4 is 0 Å². The minimum Gasteiger partial charge on any atom is -0.0654 e. The van der Waals surface area contributed by atoms with Crippen molar-refractivity contribution in [3.63, 3.8) is 0 Å². The summed E-state index contributed by atoms with van der Waals surface area (Å²) in [5.41, 5.74) is 1.08. The third-order valence-corrected chi connectivity index (χ3v) is 10.2. The van der Waals surface area contributed by atoms with E-state index in [9.17, 15) is 0 Å². The molecule has 32 heavy (non-hydrogen) atoms. The summed E-state index contributed by atoms with van der Waals surface area (Å²) in [7, 11) is 0. The Kier molecular flexibility index (Phi) is 15.1. The monoisotopic (exact) mass is 451 g/mol. The molecule has 0 radical (unpaired) electrons. The van der Waals surface area contributed by atoms with E-state index in [1.165, 1.54) is 83.5 Å². The SMILES string of the molecule is CCCCC(C)(C(C)(C)CCCC(C)CCC)C(C)(C)C(CC(C)CCC)C(CC)CC. The molecule has 194 valence electrons. The number of hydrogen-bond acceptors (Lipinski definition) is 0. The van der Waals surface area contributed by atoms with Crippen molar-refractivity contribution < 1.29 is 0 Å². The molecule has 0 heterocycles. The Hall–Kier alpha value is 0. The Morgan fingerprint density at radius 3 is 1.59 bits per heavy atom. The Balaban J connectivity index is 6.03. The quantitative estimate of drug-likeness (QED) is 0.183. The molecule has 0 aromatic heterocycles. The second-order valence-electron chi connectivity index (χ2n) is 13.1. The molecule has 0 spiro atoms. The van der Waals surface area contributed by atoms with Crippen molar-refractivity contribution in [2.24, 2.45) is 39.9 Å². The van der Waals surface area contributed by atoms with Crippen molar-refractivity contribution in [1.82, 2.24) is 0 Å². The van der Waals surface area contributed by atoms with Gasteiger partial charge in [0.15, 0.2) is 0 Å². The first-order valence-corrected chi connectivity index (χ1v) is 14.9. The van der Waals surface area contributed by atoms with E-state index in [1.807, 2.05) is 0 Å². The number of hydrogen-bond donors (Lipinski definition) is 0. The lowest BCUT2D eigenvalue weighted by Gasteiger charge is -2.59. The third-order valence-electron chi connectivity index (χ3n) is 10.2. The molecule has 0 aromatic carbocycles. The first-order chi connectivity index (χ1) is 14.9. The molecule has 4 unspecified atom stereocenters. The van der Waals surface area contributed by atoms with Gasteiger partial charge in [0.25, 0.3) is 0 Å². The fourth-order valence-corrected chi connectivity index (χ4v) is 7.26. The maximum absolute atomic E-state index is 2.71. The van der Waals surface area contributed by atoms with Crippen LogP contribution in [0.2, 0.25) is 0 Å². The third kappa shape index (κ3) is 8.65. The zero-order chi connectivity index (χ0) is 25.0. The van der Waals surface area contributed by atoms with E-state index in [-0.39, 0.29) is 0 Å². The summed E-state index contributed by atoms with van der Waals surface area (Å²) in [5.74, 6) is 3.40. The molecular formula is C32H66. The van der Waals surface area contributed by atoms with Gasteiger partial charge in [0.2, 0.25) is 0 Å². The lowest BCUT2D eigenvalue weighted by molar-refractivity contribution is -0.106. The van der Waals surface area contributed by atoms with Crippen LogP contribution < -0.4 is 0 Å². The predicted octanol–water partition coefficient (Wildman–Crippen LogP) is 11.7. The van der Waals surface area contributed by atoms with Crippen molar-refractivity contribution in [1.29, 1.82) is 0 Å². The Morgan fingerprint density at radius 1 is 0.594 bits per heavy atom. The van der Waals surface area contributed by atoms with Crippen molar-refractivity contribution in [3.8, 4) is 0 Å². The predicted molar refractivity (Wildman–Crippen MR) is 149 cm³/mol.